The van der Waals surface area contributed by atoms with Gasteiger partial charge < -0.3 is 4.57 Å². The van der Waals surface area contributed by atoms with Crippen molar-refractivity contribution in [2.45, 2.75) is 38.8 Å². The lowest BCUT2D eigenvalue weighted by Crippen LogP contribution is -2.14. The first-order chi connectivity index (χ1) is 8.92. The number of nitrogens with zero attached hydrogens (tertiary/aromatic N) is 4. The number of aryl methyl sites for hydroxylation is 3. The molecule has 2 N–H and O–H groups in total. The van der Waals surface area contributed by atoms with Crippen molar-refractivity contribution >= 4 is 16.0 Å². The van der Waals surface area contributed by atoms with Crippen LogP contribution in [0.4, 0.5) is 5.95 Å². The fourth-order valence-electron chi connectivity index (χ4n) is 1.64. The summed E-state index contributed by atoms with van der Waals surface area (Å²) < 4.78 is 28.3. The lowest BCUT2D eigenvalue weighted by atomic mass is 10.5. The van der Waals surface area contributed by atoms with Crippen LogP contribution in [0.25, 0.3) is 0 Å². The third-order valence-corrected chi connectivity index (χ3v) is 3.72. The van der Waals surface area contributed by atoms with Gasteiger partial charge in [-0.25, -0.2) is 9.71 Å². The van der Waals surface area contributed by atoms with Gasteiger partial charge in [-0.1, -0.05) is 6.92 Å². The van der Waals surface area contributed by atoms with Crippen LogP contribution in [0, 0.1) is 13.8 Å². The Kier molecular flexibility index (Phi) is 3.56. The Labute approximate surface area is 111 Å². The summed E-state index contributed by atoms with van der Waals surface area (Å²) in [5, 5.41) is 6.27. The van der Waals surface area contributed by atoms with Crippen molar-refractivity contribution in [3.8, 4) is 0 Å². The van der Waals surface area contributed by atoms with Gasteiger partial charge >= 0.3 is 0 Å². The maximum absolute atomic E-state index is 12.1. The largest absolute Gasteiger partial charge is 0.334 e. The standard InChI is InChI=1S/C10H16N6O2S/c1-4-5-16-6-9(12-8(16)3)19(17,18)15-10-11-7(2)13-14-10/h6H,4-5H2,1-3H3,(H2,11,13,14,15). The molecule has 2 aromatic rings. The van der Waals surface area contributed by atoms with Crippen LogP contribution in [0.5, 0.6) is 0 Å². The molecular weight excluding hydrogens is 268 g/mol. The maximum Gasteiger partial charge on any atom is 0.283 e. The van der Waals surface area contributed by atoms with Gasteiger partial charge in [-0.3, -0.25) is 5.10 Å². The molecule has 2 rings (SSSR count). The van der Waals surface area contributed by atoms with E-state index in [2.05, 4.69) is 24.9 Å². The van der Waals surface area contributed by atoms with E-state index in [4.69, 9.17) is 0 Å². The summed E-state index contributed by atoms with van der Waals surface area (Å²) in [5.74, 6) is 1.21. The minimum Gasteiger partial charge on any atom is -0.334 e. The van der Waals surface area contributed by atoms with E-state index >= 15 is 0 Å². The van der Waals surface area contributed by atoms with Crippen LogP contribution in [0.15, 0.2) is 11.2 Å². The number of aromatic amines is 1. The average Bonchev–Trinajstić information content (AvgIpc) is 2.87. The molecule has 104 valence electrons. The lowest BCUT2D eigenvalue weighted by Gasteiger charge is -2.00. The van der Waals surface area contributed by atoms with Crippen LogP contribution in [-0.4, -0.2) is 33.2 Å². The van der Waals surface area contributed by atoms with Crippen molar-refractivity contribution in [1.82, 2.24) is 24.7 Å². The molecule has 0 fully saturated rings. The van der Waals surface area contributed by atoms with Gasteiger partial charge in [0, 0.05) is 12.7 Å². The van der Waals surface area contributed by atoms with Crippen LogP contribution >= 0.6 is 0 Å². The Morgan fingerprint density at radius 3 is 2.68 bits per heavy atom. The third-order valence-electron chi connectivity index (χ3n) is 2.52. The molecule has 0 bridgehead atoms. The predicted octanol–water partition coefficient (Wildman–Crippen LogP) is 0.829. The second-order valence-electron chi connectivity index (χ2n) is 4.17. The molecule has 0 aromatic carbocycles. The summed E-state index contributed by atoms with van der Waals surface area (Å²) in [6.45, 7) is 6.20. The number of sulfonamides is 1. The summed E-state index contributed by atoms with van der Waals surface area (Å²) in [7, 11) is -3.75. The highest BCUT2D eigenvalue weighted by atomic mass is 32.2. The van der Waals surface area contributed by atoms with Gasteiger partial charge in [0.25, 0.3) is 16.0 Å². The van der Waals surface area contributed by atoms with E-state index in [0.717, 1.165) is 13.0 Å². The normalized spacial score (nSPS) is 11.7. The van der Waals surface area contributed by atoms with Crippen molar-refractivity contribution in [1.29, 1.82) is 0 Å². The Morgan fingerprint density at radius 2 is 2.11 bits per heavy atom. The highest BCUT2D eigenvalue weighted by Crippen LogP contribution is 2.13. The van der Waals surface area contributed by atoms with E-state index in [1.54, 1.807) is 18.4 Å². The number of anilines is 1. The number of rotatable bonds is 5. The Morgan fingerprint density at radius 1 is 1.37 bits per heavy atom. The molecule has 0 atom stereocenters. The number of aromatic nitrogens is 5. The van der Waals surface area contributed by atoms with E-state index in [-0.39, 0.29) is 11.0 Å². The number of H-pyrrole nitrogens is 1. The lowest BCUT2D eigenvalue weighted by molar-refractivity contribution is 0.597. The quantitative estimate of drug-likeness (QED) is 0.846. The monoisotopic (exact) mass is 284 g/mol. The van der Waals surface area contributed by atoms with E-state index in [1.807, 2.05) is 6.92 Å². The Hall–Kier alpha value is -1.90. The van der Waals surface area contributed by atoms with E-state index in [9.17, 15) is 8.42 Å². The van der Waals surface area contributed by atoms with Crippen molar-refractivity contribution in [2.75, 3.05) is 4.72 Å². The Bertz CT molecular complexity index is 672. The highest BCUT2D eigenvalue weighted by molar-refractivity contribution is 7.92. The number of nitrogens with one attached hydrogen (secondary N) is 2. The smallest absolute Gasteiger partial charge is 0.283 e. The Balaban J connectivity index is 2.26. The molecule has 0 radical (unpaired) electrons. The van der Waals surface area contributed by atoms with E-state index < -0.39 is 10.0 Å². The van der Waals surface area contributed by atoms with Crippen LogP contribution in [0.2, 0.25) is 0 Å². The summed E-state index contributed by atoms with van der Waals surface area (Å²) in [6, 6.07) is 0. The van der Waals surface area contributed by atoms with Gasteiger partial charge in [0.2, 0.25) is 0 Å². The summed E-state index contributed by atoms with van der Waals surface area (Å²) in [5.41, 5.74) is 0. The topological polar surface area (TPSA) is 106 Å². The molecule has 0 aliphatic carbocycles. The van der Waals surface area contributed by atoms with Crippen LogP contribution in [-0.2, 0) is 16.6 Å². The zero-order valence-corrected chi connectivity index (χ0v) is 11.8. The van der Waals surface area contributed by atoms with Gasteiger partial charge in [-0.2, -0.15) is 13.4 Å². The maximum atomic E-state index is 12.1. The number of hydrogen-bond acceptors (Lipinski definition) is 5. The molecule has 0 saturated heterocycles. The minimum absolute atomic E-state index is 0.0141. The summed E-state index contributed by atoms with van der Waals surface area (Å²) >= 11 is 0. The number of hydrogen-bond donors (Lipinski definition) is 2. The van der Waals surface area contributed by atoms with Crippen molar-refractivity contribution in [3.63, 3.8) is 0 Å². The first-order valence-electron chi connectivity index (χ1n) is 5.88. The molecule has 0 saturated carbocycles. The van der Waals surface area contributed by atoms with Crippen LogP contribution in [0.1, 0.15) is 25.0 Å². The second-order valence-corrected chi connectivity index (χ2v) is 5.80. The van der Waals surface area contributed by atoms with Gasteiger partial charge in [0.15, 0.2) is 5.03 Å². The average molecular weight is 284 g/mol. The van der Waals surface area contributed by atoms with E-state index in [1.165, 1.54) is 6.20 Å². The van der Waals surface area contributed by atoms with Crippen LogP contribution < -0.4 is 4.72 Å². The van der Waals surface area contributed by atoms with Crippen molar-refractivity contribution < 1.29 is 8.42 Å². The SMILES string of the molecule is CCCn1cc(S(=O)(=O)Nc2n[nH]c(C)n2)nc1C. The molecule has 9 heteroatoms. The molecule has 0 spiro atoms. The fourth-order valence-corrected chi connectivity index (χ4v) is 2.59. The fraction of sp³-hybridized carbons (Fsp3) is 0.500. The van der Waals surface area contributed by atoms with Crippen molar-refractivity contribution in [2.24, 2.45) is 0 Å². The summed E-state index contributed by atoms with van der Waals surface area (Å²) in [6.07, 6.45) is 2.42. The minimum atomic E-state index is -3.75. The first-order valence-corrected chi connectivity index (χ1v) is 7.36. The predicted molar refractivity (Wildman–Crippen MR) is 69.2 cm³/mol. The van der Waals surface area contributed by atoms with Crippen LogP contribution in [0.3, 0.4) is 0 Å². The molecule has 0 aliphatic heterocycles. The van der Waals surface area contributed by atoms with Crippen molar-refractivity contribution in [3.05, 3.63) is 17.8 Å². The zero-order chi connectivity index (χ0) is 14.0. The molecule has 0 amide bonds. The van der Waals surface area contributed by atoms with Gasteiger partial charge in [-0.15, -0.1) is 5.10 Å². The number of imidazole rings is 1. The molecule has 0 aliphatic rings. The highest BCUT2D eigenvalue weighted by Gasteiger charge is 2.20. The molecule has 0 unspecified atom stereocenters. The third kappa shape index (κ3) is 2.92. The summed E-state index contributed by atoms with van der Waals surface area (Å²) in [4.78, 5) is 7.95. The first kappa shape index (κ1) is 13.5. The van der Waals surface area contributed by atoms with Gasteiger partial charge in [0.05, 0.1) is 0 Å². The molecule has 8 nitrogen and oxygen atoms in total. The van der Waals surface area contributed by atoms with Gasteiger partial charge in [0.1, 0.15) is 11.6 Å². The molecular formula is C10H16N6O2S. The molecule has 19 heavy (non-hydrogen) atoms. The van der Waals surface area contributed by atoms with E-state index in [0.29, 0.717) is 11.6 Å². The molecule has 2 heterocycles. The second kappa shape index (κ2) is 5.00. The molecule has 2 aromatic heterocycles. The zero-order valence-electron chi connectivity index (χ0n) is 11.0. The van der Waals surface area contributed by atoms with Gasteiger partial charge in [-0.05, 0) is 20.3 Å².